The van der Waals surface area contributed by atoms with Crippen LogP contribution in [0.4, 0.5) is 0 Å². The Morgan fingerprint density at radius 2 is 2.17 bits per heavy atom. The van der Waals surface area contributed by atoms with Crippen molar-refractivity contribution in [1.82, 2.24) is 10.3 Å². The minimum absolute atomic E-state index is 0. The summed E-state index contributed by atoms with van der Waals surface area (Å²) in [5.41, 5.74) is 7.98. The molecule has 0 spiro atoms. The molecule has 5 nitrogen and oxygen atoms in total. The number of aromatic nitrogens is 1. The third-order valence-electron chi connectivity index (χ3n) is 4.74. The molecule has 1 aromatic heterocycles. The minimum Gasteiger partial charge on any atom is -0.497 e. The minimum atomic E-state index is -0.0573. The van der Waals surface area contributed by atoms with Gasteiger partial charge in [-0.05, 0) is 50.4 Å². The molecule has 0 aliphatic heterocycles. The molecule has 1 saturated carbocycles. The van der Waals surface area contributed by atoms with Gasteiger partial charge < -0.3 is 15.8 Å². The molecule has 0 saturated heterocycles. The standard InChI is InChI=1S/C18H23N3O2.ClH/c1-11-15(18(22)21-16-5-3-4-13(16)10-19)8-12-6-7-14(23-2)9-17(12)20-11;/h6-9,13,16H,3-5,10,19H2,1-2H3,(H,21,22);1H. The Labute approximate surface area is 148 Å². The van der Waals surface area contributed by atoms with Crippen molar-refractivity contribution < 1.29 is 9.53 Å². The first-order chi connectivity index (χ1) is 11.1. The first-order valence-corrected chi connectivity index (χ1v) is 8.08. The molecule has 1 aliphatic carbocycles. The van der Waals surface area contributed by atoms with Crippen molar-refractivity contribution in [3.63, 3.8) is 0 Å². The summed E-state index contributed by atoms with van der Waals surface area (Å²) in [6, 6.07) is 7.76. The maximum atomic E-state index is 12.6. The summed E-state index contributed by atoms with van der Waals surface area (Å²) in [5.74, 6) is 1.09. The van der Waals surface area contributed by atoms with E-state index in [9.17, 15) is 4.79 Å². The van der Waals surface area contributed by atoms with Crippen molar-refractivity contribution in [3.05, 3.63) is 35.5 Å². The molecule has 2 atom stereocenters. The summed E-state index contributed by atoms with van der Waals surface area (Å²) in [6.07, 6.45) is 3.22. The second-order valence-corrected chi connectivity index (χ2v) is 6.19. The molecule has 2 aromatic rings. The van der Waals surface area contributed by atoms with E-state index in [1.807, 2.05) is 31.2 Å². The van der Waals surface area contributed by atoms with Crippen LogP contribution in [0.15, 0.2) is 24.3 Å². The van der Waals surface area contributed by atoms with Crippen molar-refractivity contribution in [2.75, 3.05) is 13.7 Å². The summed E-state index contributed by atoms with van der Waals surface area (Å²) >= 11 is 0. The van der Waals surface area contributed by atoms with Crippen LogP contribution in [0.5, 0.6) is 5.75 Å². The highest BCUT2D eigenvalue weighted by atomic mass is 35.5. The number of nitrogens with one attached hydrogen (secondary N) is 1. The molecule has 0 bridgehead atoms. The van der Waals surface area contributed by atoms with E-state index < -0.39 is 0 Å². The number of benzene rings is 1. The molecular weight excluding hydrogens is 326 g/mol. The lowest BCUT2D eigenvalue weighted by atomic mass is 10.0. The second kappa shape index (κ2) is 7.81. The van der Waals surface area contributed by atoms with Crippen LogP contribution in [0.3, 0.4) is 0 Å². The Morgan fingerprint density at radius 1 is 1.38 bits per heavy atom. The van der Waals surface area contributed by atoms with Crippen LogP contribution in [-0.4, -0.2) is 30.6 Å². The molecule has 130 valence electrons. The smallest absolute Gasteiger partial charge is 0.253 e. The Bertz CT molecular complexity index is 736. The molecule has 3 rings (SSSR count). The topological polar surface area (TPSA) is 77.2 Å². The number of aryl methyl sites for hydroxylation is 1. The largest absolute Gasteiger partial charge is 0.497 e. The first-order valence-electron chi connectivity index (χ1n) is 8.08. The van der Waals surface area contributed by atoms with Crippen LogP contribution >= 0.6 is 12.4 Å². The zero-order chi connectivity index (χ0) is 16.4. The van der Waals surface area contributed by atoms with Gasteiger partial charge in [-0.2, -0.15) is 0 Å². The van der Waals surface area contributed by atoms with E-state index >= 15 is 0 Å². The van der Waals surface area contributed by atoms with E-state index in [0.29, 0.717) is 18.0 Å². The van der Waals surface area contributed by atoms with Crippen molar-refractivity contribution >= 4 is 29.2 Å². The fourth-order valence-corrected chi connectivity index (χ4v) is 3.36. The molecule has 1 aliphatic rings. The van der Waals surface area contributed by atoms with Crippen molar-refractivity contribution in [2.24, 2.45) is 11.7 Å². The van der Waals surface area contributed by atoms with E-state index in [1.165, 1.54) is 0 Å². The number of nitrogens with zero attached hydrogens (tertiary/aromatic N) is 1. The molecule has 3 N–H and O–H groups in total. The van der Waals surface area contributed by atoms with Gasteiger partial charge in [-0.25, -0.2) is 0 Å². The van der Waals surface area contributed by atoms with Gasteiger partial charge in [0.1, 0.15) is 5.75 Å². The van der Waals surface area contributed by atoms with Gasteiger partial charge in [0.25, 0.3) is 5.91 Å². The fraction of sp³-hybridized carbons (Fsp3) is 0.444. The predicted molar refractivity (Wildman–Crippen MR) is 97.9 cm³/mol. The number of amides is 1. The highest BCUT2D eigenvalue weighted by Gasteiger charge is 2.28. The Balaban J connectivity index is 0.00000208. The maximum Gasteiger partial charge on any atom is 0.253 e. The highest BCUT2D eigenvalue weighted by molar-refractivity contribution is 5.99. The SMILES string of the molecule is COc1ccc2cc(C(=O)NC3CCCC3CN)c(C)nc2c1.Cl. The molecule has 1 heterocycles. The third-order valence-corrected chi connectivity index (χ3v) is 4.74. The first kappa shape index (κ1) is 18.5. The third kappa shape index (κ3) is 3.62. The van der Waals surface area contributed by atoms with E-state index in [0.717, 1.165) is 41.6 Å². The van der Waals surface area contributed by atoms with Crippen LogP contribution in [0.2, 0.25) is 0 Å². The number of nitrogens with two attached hydrogens (primary N) is 1. The number of rotatable bonds is 4. The predicted octanol–water partition coefficient (Wildman–Crippen LogP) is 2.83. The van der Waals surface area contributed by atoms with Gasteiger partial charge in [0.05, 0.1) is 23.9 Å². The molecule has 0 radical (unpaired) electrons. The van der Waals surface area contributed by atoms with E-state index in [4.69, 9.17) is 10.5 Å². The van der Waals surface area contributed by atoms with Crippen molar-refractivity contribution in [1.29, 1.82) is 0 Å². The average molecular weight is 350 g/mol. The normalized spacial score (nSPS) is 19.8. The number of hydrogen-bond donors (Lipinski definition) is 2. The van der Waals surface area contributed by atoms with E-state index in [1.54, 1.807) is 7.11 Å². The molecule has 2 unspecified atom stereocenters. The molecule has 24 heavy (non-hydrogen) atoms. The van der Waals surface area contributed by atoms with Gasteiger partial charge in [0, 0.05) is 17.5 Å². The highest BCUT2D eigenvalue weighted by Crippen LogP contribution is 2.26. The number of carbonyl (C=O) groups is 1. The number of fused-ring (bicyclic) bond motifs is 1. The lowest BCUT2D eigenvalue weighted by Crippen LogP contribution is -2.40. The summed E-state index contributed by atoms with van der Waals surface area (Å²) in [5, 5.41) is 4.07. The number of carbonyl (C=O) groups excluding carboxylic acids is 1. The monoisotopic (exact) mass is 349 g/mol. The van der Waals surface area contributed by atoms with E-state index in [-0.39, 0.29) is 24.4 Å². The van der Waals surface area contributed by atoms with Crippen molar-refractivity contribution in [2.45, 2.75) is 32.2 Å². The molecule has 1 fully saturated rings. The van der Waals surface area contributed by atoms with Gasteiger partial charge in [0.2, 0.25) is 0 Å². The van der Waals surface area contributed by atoms with Crippen LogP contribution in [-0.2, 0) is 0 Å². The second-order valence-electron chi connectivity index (χ2n) is 6.19. The number of halogens is 1. The van der Waals surface area contributed by atoms with Crippen LogP contribution in [0.25, 0.3) is 10.9 Å². The number of pyridine rings is 1. The summed E-state index contributed by atoms with van der Waals surface area (Å²) in [4.78, 5) is 17.2. The Kier molecular flexibility index (Phi) is 6.02. The maximum absolute atomic E-state index is 12.6. The number of hydrogen-bond acceptors (Lipinski definition) is 4. The van der Waals surface area contributed by atoms with Crippen LogP contribution in [0.1, 0.15) is 35.3 Å². The van der Waals surface area contributed by atoms with E-state index in [2.05, 4.69) is 10.3 Å². The molecule has 1 amide bonds. The molecular formula is C18H24ClN3O2. The van der Waals surface area contributed by atoms with Gasteiger partial charge in [-0.15, -0.1) is 12.4 Å². The number of ether oxygens (including phenoxy) is 1. The van der Waals surface area contributed by atoms with Gasteiger partial charge >= 0.3 is 0 Å². The molecule has 1 aromatic carbocycles. The Morgan fingerprint density at radius 3 is 2.88 bits per heavy atom. The zero-order valence-electron chi connectivity index (χ0n) is 14.0. The summed E-state index contributed by atoms with van der Waals surface area (Å²) in [6.45, 7) is 2.49. The van der Waals surface area contributed by atoms with Crippen LogP contribution < -0.4 is 15.8 Å². The fourth-order valence-electron chi connectivity index (χ4n) is 3.36. The summed E-state index contributed by atoms with van der Waals surface area (Å²) in [7, 11) is 1.63. The lowest BCUT2D eigenvalue weighted by molar-refractivity contribution is 0.0928. The van der Waals surface area contributed by atoms with Crippen molar-refractivity contribution in [3.8, 4) is 5.75 Å². The summed E-state index contributed by atoms with van der Waals surface area (Å²) < 4.78 is 5.22. The zero-order valence-corrected chi connectivity index (χ0v) is 14.9. The lowest BCUT2D eigenvalue weighted by Gasteiger charge is -2.20. The molecule has 6 heteroatoms. The quantitative estimate of drug-likeness (QED) is 0.889. The van der Waals surface area contributed by atoms with Gasteiger partial charge in [0.15, 0.2) is 0 Å². The number of methoxy groups -OCH3 is 1. The van der Waals surface area contributed by atoms with Gasteiger partial charge in [-0.1, -0.05) is 6.42 Å². The average Bonchev–Trinajstić information content (AvgIpc) is 3.00. The van der Waals surface area contributed by atoms with Gasteiger partial charge in [-0.3, -0.25) is 9.78 Å². The Hall–Kier alpha value is -1.85. The van der Waals surface area contributed by atoms with Crippen LogP contribution in [0, 0.1) is 12.8 Å².